The molecule has 12 heteroatoms. The predicted molar refractivity (Wildman–Crippen MR) is 155 cm³/mol. The smallest absolute Gasteiger partial charge is 0.348 e. The van der Waals surface area contributed by atoms with Crippen molar-refractivity contribution < 1.29 is 9.72 Å². The molecule has 40 heavy (non-hydrogen) atoms. The van der Waals surface area contributed by atoms with Gasteiger partial charge < -0.3 is 4.90 Å². The van der Waals surface area contributed by atoms with E-state index in [1.807, 2.05) is 41.3 Å². The van der Waals surface area contributed by atoms with Crippen LogP contribution in [-0.2, 0) is 0 Å². The number of piperazine rings is 1. The third-order valence-corrected chi connectivity index (χ3v) is 7.21. The lowest BCUT2D eigenvalue weighted by Crippen LogP contribution is -2.48. The van der Waals surface area contributed by atoms with E-state index in [2.05, 4.69) is 50.0 Å². The van der Waals surface area contributed by atoms with Crippen molar-refractivity contribution in [2.45, 2.75) is 6.04 Å². The fourth-order valence-corrected chi connectivity index (χ4v) is 5.29. The van der Waals surface area contributed by atoms with Crippen LogP contribution in [0.15, 0.2) is 85.2 Å². The molecule has 1 aliphatic heterocycles. The van der Waals surface area contributed by atoms with Gasteiger partial charge in [0.2, 0.25) is 11.6 Å². The van der Waals surface area contributed by atoms with E-state index in [0.29, 0.717) is 31.2 Å². The number of hydrogen-bond acceptors (Lipinski definition) is 8. The van der Waals surface area contributed by atoms with Gasteiger partial charge in [-0.2, -0.15) is 0 Å². The van der Waals surface area contributed by atoms with E-state index in [9.17, 15) is 14.9 Å². The number of benzene rings is 3. The second-order valence-electron chi connectivity index (χ2n) is 9.10. The van der Waals surface area contributed by atoms with Gasteiger partial charge >= 0.3 is 5.69 Å². The van der Waals surface area contributed by atoms with Crippen LogP contribution in [0.5, 0.6) is 0 Å². The van der Waals surface area contributed by atoms with Crippen molar-refractivity contribution in [2.24, 2.45) is 0 Å². The molecule has 1 fully saturated rings. The lowest BCUT2D eigenvalue weighted by molar-refractivity contribution is -0.383. The van der Waals surface area contributed by atoms with E-state index in [0.717, 1.165) is 0 Å². The number of aromatic nitrogens is 2. The highest BCUT2D eigenvalue weighted by Gasteiger charge is 2.32. The van der Waals surface area contributed by atoms with Gasteiger partial charge in [0.05, 0.1) is 21.6 Å². The van der Waals surface area contributed by atoms with E-state index in [1.54, 1.807) is 0 Å². The summed E-state index contributed by atoms with van der Waals surface area (Å²) in [4.78, 5) is 36.7. The van der Waals surface area contributed by atoms with Crippen molar-refractivity contribution in [1.82, 2.24) is 20.3 Å². The molecule has 0 atom stereocenters. The van der Waals surface area contributed by atoms with Crippen LogP contribution >= 0.6 is 23.2 Å². The van der Waals surface area contributed by atoms with E-state index < -0.39 is 10.8 Å². The van der Waals surface area contributed by atoms with Gasteiger partial charge in [0.15, 0.2) is 0 Å². The van der Waals surface area contributed by atoms with Crippen molar-refractivity contribution in [1.29, 1.82) is 0 Å². The lowest BCUT2D eigenvalue weighted by atomic mass is 9.96. The Bertz CT molecular complexity index is 1460. The molecule has 2 heterocycles. The fraction of sp³-hybridized carbons (Fsp3) is 0.179. The molecule has 10 nitrogen and oxygen atoms in total. The summed E-state index contributed by atoms with van der Waals surface area (Å²) in [6.45, 7) is 2.34. The zero-order valence-corrected chi connectivity index (χ0v) is 22.7. The van der Waals surface area contributed by atoms with Gasteiger partial charge in [0.1, 0.15) is 6.33 Å². The maximum Gasteiger partial charge on any atom is 0.355 e. The largest absolute Gasteiger partial charge is 0.355 e. The van der Waals surface area contributed by atoms with Crippen LogP contribution in [-0.4, -0.2) is 51.9 Å². The number of nitro groups is 1. The van der Waals surface area contributed by atoms with E-state index in [4.69, 9.17) is 23.2 Å². The highest BCUT2D eigenvalue weighted by atomic mass is 35.5. The highest BCUT2D eigenvalue weighted by molar-refractivity contribution is 6.36. The average Bonchev–Trinajstić information content (AvgIpc) is 2.97. The Labute approximate surface area is 240 Å². The molecular formula is C28H25Cl2N7O3. The summed E-state index contributed by atoms with van der Waals surface area (Å²) >= 11 is 12.0. The number of carbonyl (C=O) groups is 1. The summed E-state index contributed by atoms with van der Waals surface area (Å²) in [6, 6.07) is 25.0. The Balaban J connectivity index is 1.33. The van der Waals surface area contributed by atoms with Gasteiger partial charge in [-0.3, -0.25) is 30.7 Å². The first-order valence-corrected chi connectivity index (χ1v) is 13.3. The van der Waals surface area contributed by atoms with Crippen molar-refractivity contribution in [3.05, 3.63) is 122 Å². The Hall–Kier alpha value is -4.25. The summed E-state index contributed by atoms with van der Waals surface area (Å²) < 4.78 is 0. The van der Waals surface area contributed by atoms with E-state index >= 15 is 0 Å². The number of hydrazine groups is 1. The summed E-state index contributed by atoms with van der Waals surface area (Å²) in [7, 11) is 0. The minimum absolute atomic E-state index is 0.0528. The summed E-state index contributed by atoms with van der Waals surface area (Å²) in [5.74, 6) is -0.559. The highest BCUT2D eigenvalue weighted by Crippen LogP contribution is 2.34. The molecule has 0 aliphatic carbocycles. The SMILES string of the molecule is O=C(NNc1ncnc(N2CCN(C(c3ccccc3)c3ccccc3)CC2)c1[N+](=O)[O-])c1ccc(Cl)cc1Cl. The molecule has 1 amide bonds. The quantitative estimate of drug-likeness (QED) is 0.212. The summed E-state index contributed by atoms with van der Waals surface area (Å²) in [5.41, 5.74) is 7.16. The molecule has 4 aromatic rings. The Kier molecular flexibility index (Phi) is 8.40. The molecule has 1 aromatic heterocycles. The molecule has 0 unspecified atom stereocenters. The van der Waals surface area contributed by atoms with Gasteiger partial charge in [-0.25, -0.2) is 9.97 Å². The molecule has 0 bridgehead atoms. The zero-order chi connectivity index (χ0) is 28.1. The third-order valence-electron chi connectivity index (χ3n) is 6.67. The summed E-state index contributed by atoms with van der Waals surface area (Å²) in [5, 5.41) is 12.7. The van der Waals surface area contributed by atoms with Gasteiger partial charge in [0, 0.05) is 31.2 Å². The zero-order valence-electron chi connectivity index (χ0n) is 21.2. The monoisotopic (exact) mass is 577 g/mol. The van der Waals surface area contributed by atoms with Gasteiger partial charge in [0.25, 0.3) is 5.91 Å². The molecule has 2 N–H and O–H groups in total. The number of halogens is 2. The first-order chi connectivity index (χ1) is 19.4. The number of nitrogens with one attached hydrogen (secondary N) is 2. The second kappa shape index (κ2) is 12.3. The standard InChI is InChI=1S/C28H25Cl2N7O3/c29-21-11-12-22(23(30)17-21)28(38)34-33-26-25(37(39)40)27(32-18-31-26)36-15-13-35(14-16-36)24(19-7-3-1-4-8-19)20-9-5-2-6-10-20/h1-12,17-18,24H,13-16H2,(H,34,38)(H,31,32,33). The Morgan fingerprint density at radius 1 is 0.900 bits per heavy atom. The van der Waals surface area contributed by atoms with Crippen LogP contribution in [0.1, 0.15) is 27.5 Å². The van der Waals surface area contributed by atoms with Crippen LogP contribution < -0.4 is 15.8 Å². The minimum Gasteiger partial charge on any atom is -0.348 e. The first kappa shape index (κ1) is 27.3. The summed E-state index contributed by atoms with van der Waals surface area (Å²) in [6.07, 6.45) is 1.23. The predicted octanol–water partition coefficient (Wildman–Crippen LogP) is 5.36. The van der Waals surface area contributed by atoms with Crippen LogP contribution in [0.3, 0.4) is 0 Å². The van der Waals surface area contributed by atoms with Crippen LogP contribution in [0.25, 0.3) is 0 Å². The fourth-order valence-electron chi connectivity index (χ4n) is 4.79. The topological polar surface area (TPSA) is 117 Å². The first-order valence-electron chi connectivity index (χ1n) is 12.5. The van der Waals surface area contributed by atoms with Crippen LogP contribution in [0.2, 0.25) is 10.0 Å². The molecule has 3 aromatic carbocycles. The van der Waals surface area contributed by atoms with Crippen LogP contribution in [0.4, 0.5) is 17.3 Å². The van der Waals surface area contributed by atoms with Crippen molar-refractivity contribution in [3.8, 4) is 0 Å². The average molecular weight is 578 g/mol. The number of nitrogens with zero attached hydrogens (tertiary/aromatic N) is 5. The van der Waals surface area contributed by atoms with E-state index in [1.165, 1.54) is 35.7 Å². The molecule has 1 saturated heterocycles. The van der Waals surface area contributed by atoms with Crippen molar-refractivity contribution in [2.75, 3.05) is 36.5 Å². The second-order valence-corrected chi connectivity index (χ2v) is 9.95. The van der Waals surface area contributed by atoms with Gasteiger partial charge in [-0.1, -0.05) is 83.9 Å². The molecule has 204 valence electrons. The van der Waals surface area contributed by atoms with Crippen molar-refractivity contribution in [3.63, 3.8) is 0 Å². The van der Waals surface area contributed by atoms with Crippen LogP contribution in [0, 0.1) is 10.1 Å². The number of hydrogen-bond donors (Lipinski definition) is 2. The molecular weight excluding hydrogens is 553 g/mol. The molecule has 1 aliphatic rings. The lowest BCUT2D eigenvalue weighted by Gasteiger charge is -2.40. The normalized spacial score (nSPS) is 13.7. The van der Waals surface area contributed by atoms with Crippen molar-refractivity contribution >= 4 is 46.4 Å². The van der Waals surface area contributed by atoms with E-state index in [-0.39, 0.29) is 34.0 Å². The number of anilines is 2. The van der Waals surface area contributed by atoms with Gasteiger partial charge in [-0.05, 0) is 29.3 Å². The third kappa shape index (κ3) is 5.99. The molecule has 0 saturated carbocycles. The molecule has 0 radical (unpaired) electrons. The molecule has 5 rings (SSSR count). The maximum absolute atomic E-state index is 12.6. The van der Waals surface area contributed by atoms with Gasteiger partial charge in [-0.15, -0.1) is 0 Å². The number of rotatable bonds is 8. The number of amides is 1. The molecule has 0 spiro atoms. The maximum atomic E-state index is 12.6. The number of carbonyl (C=O) groups excluding carboxylic acids is 1. The Morgan fingerprint density at radius 3 is 2.10 bits per heavy atom. The minimum atomic E-state index is -0.599. The Morgan fingerprint density at radius 2 is 1.52 bits per heavy atom.